The van der Waals surface area contributed by atoms with Crippen LogP contribution in [0, 0.1) is 12.7 Å². The quantitative estimate of drug-likeness (QED) is 0.159. The average Bonchev–Trinajstić information content (AvgIpc) is 3.02. The van der Waals surface area contributed by atoms with Gasteiger partial charge in [0.05, 0.1) is 18.3 Å². The summed E-state index contributed by atoms with van der Waals surface area (Å²) in [5, 5.41) is 8.47. The summed E-state index contributed by atoms with van der Waals surface area (Å²) < 4.78 is 56.8. The zero-order valence-electron chi connectivity index (χ0n) is 25.0. The van der Waals surface area contributed by atoms with E-state index in [-0.39, 0.29) is 40.2 Å². The number of halogens is 4. The Morgan fingerprint density at radius 2 is 1.71 bits per heavy atom. The Balaban J connectivity index is 1.92. The van der Waals surface area contributed by atoms with Crippen LogP contribution < -0.4 is 21.5 Å². The van der Waals surface area contributed by atoms with Crippen LogP contribution >= 0.6 is 0 Å². The van der Waals surface area contributed by atoms with E-state index in [1.54, 1.807) is 32.2 Å². The lowest BCUT2D eigenvalue weighted by Gasteiger charge is -2.20. The van der Waals surface area contributed by atoms with Gasteiger partial charge in [0, 0.05) is 41.0 Å². The van der Waals surface area contributed by atoms with E-state index in [2.05, 4.69) is 27.5 Å². The number of rotatable bonds is 10. The Labute approximate surface area is 256 Å². The SMILES string of the molecule is C=C(Nc1cnc(-c2cccc(C(=O)NC)c2C)n(Cc2cc(C(=O)c3ccc(F)cc3)cc(C(F)(F)F)c2)c1=O)[C@H](C)NC. The number of nitrogens with zero attached hydrogens (tertiary/aromatic N) is 2. The molecule has 1 amide bonds. The Morgan fingerprint density at radius 3 is 2.33 bits per heavy atom. The molecule has 4 rings (SSSR count). The second kappa shape index (κ2) is 13.3. The van der Waals surface area contributed by atoms with Crippen molar-refractivity contribution in [3.05, 3.63) is 129 Å². The lowest BCUT2D eigenvalue weighted by Crippen LogP contribution is -2.31. The van der Waals surface area contributed by atoms with E-state index < -0.39 is 35.4 Å². The number of aromatic nitrogens is 2. The summed E-state index contributed by atoms with van der Waals surface area (Å²) in [5.74, 6) is -1.65. The zero-order valence-corrected chi connectivity index (χ0v) is 25.0. The van der Waals surface area contributed by atoms with Crippen LogP contribution in [-0.4, -0.2) is 41.4 Å². The van der Waals surface area contributed by atoms with Gasteiger partial charge in [-0.25, -0.2) is 9.37 Å². The summed E-state index contributed by atoms with van der Waals surface area (Å²) in [6.45, 7) is 7.00. The van der Waals surface area contributed by atoms with E-state index in [0.29, 0.717) is 22.4 Å². The van der Waals surface area contributed by atoms with Gasteiger partial charge < -0.3 is 16.0 Å². The molecule has 12 heteroatoms. The van der Waals surface area contributed by atoms with Gasteiger partial charge in [-0.3, -0.25) is 19.0 Å². The minimum Gasteiger partial charge on any atom is -0.355 e. The first kappa shape index (κ1) is 32.8. The first-order valence-corrected chi connectivity index (χ1v) is 13.8. The van der Waals surface area contributed by atoms with Crippen molar-refractivity contribution in [3.8, 4) is 11.4 Å². The lowest BCUT2D eigenvalue weighted by atomic mass is 9.98. The monoisotopic (exact) mass is 621 g/mol. The van der Waals surface area contributed by atoms with Crippen LogP contribution in [0.4, 0.5) is 23.2 Å². The van der Waals surface area contributed by atoms with Crippen molar-refractivity contribution in [1.82, 2.24) is 20.2 Å². The molecule has 234 valence electrons. The molecule has 0 aliphatic carbocycles. The smallest absolute Gasteiger partial charge is 0.355 e. The van der Waals surface area contributed by atoms with E-state index in [9.17, 15) is 31.9 Å². The molecule has 0 spiro atoms. The summed E-state index contributed by atoms with van der Waals surface area (Å²) in [4.78, 5) is 44.2. The van der Waals surface area contributed by atoms with E-state index in [1.165, 1.54) is 36.0 Å². The minimum absolute atomic E-state index is 0.00815. The molecule has 4 aromatic rings. The number of hydrogen-bond acceptors (Lipinski definition) is 6. The fraction of sp³-hybridized carbons (Fsp3) is 0.212. The van der Waals surface area contributed by atoms with Crippen molar-refractivity contribution in [1.29, 1.82) is 0 Å². The number of nitrogens with one attached hydrogen (secondary N) is 3. The maximum absolute atomic E-state index is 14.0. The van der Waals surface area contributed by atoms with Gasteiger partial charge in [0.25, 0.3) is 11.5 Å². The first-order valence-electron chi connectivity index (χ1n) is 13.8. The molecule has 3 N–H and O–H groups in total. The molecule has 0 fully saturated rings. The summed E-state index contributed by atoms with van der Waals surface area (Å²) in [6.07, 6.45) is -3.52. The van der Waals surface area contributed by atoms with Crippen molar-refractivity contribution in [2.45, 2.75) is 32.6 Å². The van der Waals surface area contributed by atoms with Gasteiger partial charge in [-0.1, -0.05) is 18.7 Å². The van der Waals surface area contributed by atoms with Crippen molar-refractivity contribution >= 4 is 17.4 Å². The van der Waals surface area contributed by atoms with E-state index in [0.717, 1.165) is 24.3 Å². The number of alkyl halides is 3. The van der Waals surface area contributed by atoms with Crippen molar-refractivity contribution in [3.63, 3.8) is 0 Å². The molecule has 0 unspecified atom stereocenters. The Bertz CT molecular complexity index is 1830. The van der Waals surface area contributed by atoms with Gasteiger partial charge in [0.15, 0.2) is 5.78 Å². The number of carbonyl (C=O) groups excluding carboxylic acids is 2. The highest BCUT2D eigenvalue weighted by Crippen LogP contribution is 2.32. The molecule has 1 aromatic heterocycles. The molecule has 0 radical (unpaired) electrons. The normalized spacial score (nSPS) is 12.0. The van der Waals surface area contributed by atoms with E-state index >= 15 is 0 Å². The summed E-state index contributed by atoms with van der Waals surface area (Å²) in [6, 6.07) is 11.9. The molecule has 0 aliphatic heterocycles. The van der Waals surface area contributed by atoms with Gasteiger partial charge >= 0.3 is 6.18 Å². The number of carbonyl (C=O) groups is 2. The third kappa shape index (κ3) is 7.18. The highest BCUT2D eigenvalue weighted by molar-refractivity contribution is 6.09. The Hall–Kier alpha value is -5.10. The summed E-state index contributed by atoms with van der Waals surface area (Å²) >= 11 is 0. The van der Waals surface area contributed by atoms with Crippen LogP contribution in [0.3, 0.4) is 0 Å². The van der Waals surface area contributed by atoms with Crippen LogP contribution in [-0.2, 0) is 12.7 Å². The van der Waals surface area contributed by atoms with Crippen LogP contribution in [0.15, 0.2) is 83.9 Å². The number of likely N-dealkylation sites (N-methyl/N-ethyl adjacent to an activating group) is 1. The zero-order chi connectivity index (χ0) is 33.1. The lowest BCUT2D eigenvalue weighted by molar-refractivity contribution is -0.137. The van der Waals surface area contributed by atoms with Gasteiger partial charge in [-0.05, 0) is 80.6 Å². The second-order valence-electron chi connectivity index (χ2n) is 10.4. The molecular weight excluding hydrogens is 590 g/mol. The first-order chi connectivity index (χ1) is 21.2. The molecule has 45 heavy (non-hydrogen) atoms. The maximum Gasteiger partial charge on any atom is 0.416 e. The van der Waals surface area contributed by atoms with Gasteiger partial charge in [-0.2, -0.15) is 13.2 Å². The molecule has 1 atom stereocenters. The average molecular weight is 622 g/mol. The number of hydrogen-bond donors (Lipinski definition) is 3. The topological polar surface area (TPSA) is 105 Å². The number of ketones is 1. The second-order valence-corrected chi connectivity index (χ2v) is 10.4. The summed E-state index contributed by atoms with van der Waals surface area (Å²) in [5.41, 5.74) is -0.377. The van der Waals surface area contributed by atoms with Crippen LogP contribution in [0.25, 0.3) is 11.4 Å². The van der Waals surface area contributed by atoms with E-state index in [4.69, 9.17) is 0 Å². The minimum atomic E-state index is -4.82. The largest absolute Gasteiger partial charge is 0.416 e. The van der Waals surface area contributed by atoms with Crippen molar-refractivity contribution < 1.29 is 27.2 Å². The number of amides is 1. The fourth-order valence-corrected chi connectivity index (χ4v) is 4.68. The molecule has 3 aromatic carbocycles. The molecule has 0 saturated carbocycles. The number of benzene rings is 3. The van der Waals surface area contributed by atoms with Gasteiger partial charge in [-0.15, -0.1) is 0 Å². The molecular formula is C33H31F4N5O3. The standard InChI is InChI=1S/C33H31F4N5O3/c1-18-26(7-6-8-27(18)31(44)39-5)30-40-16-28(41-20(3)19(2)38-4)32(45)42(30)17-21-13-23(15-24(14-21)33(35,36)37)29(43)22-9-11-25(34)12-10-22/h6-16,19,38,41H,3,17H2,1-2,4-5H3,(H,39,44)/t19-/m0/s1. The van der Waals surface area contributed by atoms with Crippen LogP contribution in [0.1, 0.15) is 49.9 Å². The highest BCUT2D eigenvalue weighted by Gasteiger charge is 2.32. The van der Waals surface area contributed by atoms with Crippen molar-refractivity contribution in [2.24, 2.45) is 0 Å². The predicted molar refractivity (Wildman–Crippen MR) is 164 cm³/mol. The maximum atomic E-state index is 14.0. The molecule has 0 saturated heterocycles. The Morgan fingerprint density at radius 1 is 1.02 bits per heavy atom. The fourth-order valence-electron chi connectivity index (χ4n) is 4.68. The summed E-state index contributed by atoms with van der Waals surface area (Å²) in [7, 11) is 3.18. The molecule has 8 nitrogen and oxygen atoms in total. The number of anilines is 1. The molecule has 0 aliphatic rings. The predicted octanol–water partition coefficient (Wildman–Crippen LogP) is 5.55. The van der Waals surface area contributed by atoms with Crippen LogP contribution in [0.5, 0.6) is 0 Å². The van der Waals surface area contributed by atoms with Crippen molar-refractivity contribution in [2.75, 3.05) is 19.4 Å². The van der Waals surface area contributed by atoms with E-state index in [1.807, 2.05) is 6.92 Å². The van der Waals surface area contributed by atoms with Crippen LogP contribution in [0.2, 0.25) is 0 Å². The third-order valence-corrected chi connectivity index (χ3v) is 7.37. The third-order valence-electron chi connectivity index (χ3n) is 7.37. The van der Waals surface area contributed by atoms with Gasteiger partial charge in [0.1, 0.15) is 17.3 Å². The molecule has 1 heterocycles. The molecule has 0 bridgehead atoms. The van der Waals surface area contributed by atoms with Gasteiger partial charge in [0.2, 0.25) is 0 Å². The Kier molecular flexibility index (Phi) is 9.67. The highest BCUT2D eigenvalue weighted by atomic mass is 19.4.